The van der Waals surface area contributed by atoms with Gasteiger partial charge in [-0.3, -0.25) is 14.3 Å². The van der Waals surface area contributed by atoms with Gasteiger partial charge in [0, 0.05) is 30.7 Å². The van der Waals surface area contributed by atoms with Gasteiger partial charge in [-0.05, 0) is 24.3 Å². The molecule has 0 aliphatic rings. The highest BCUT2D eigenvalue weighted by Gasteiger charge is 2.14. The maximum atomic E-state index is 12.1. The Morgan fingerprint density at radius 2 is 2.21 bits per heavy atom. The van der Waals surface area contributed by atoms with E-state index in [1.54, 1.807) is 41.3 Å². The van der Waals surface area contributed by atoms with Crippen molar-refractivity contribution in [1.29, 1.82) is 0 Å². The third kappa shape index (κ3) is 3.79. The number of carbonyl (C=O) groups is 1. The Morgan fingerprint density at radius 3 is 2.96 bits per heavy atom. The first kappa shape index (κ1) is 15.8. The number of hydrogen-bond donors (Lipinski definition) is 3. The minimum absolute atomic E-state index is 0.0476. The first-order chi connectivity index (χ1) is 11.6. The number of carbonyl (C=O) groups excluding carboxylic acids is 1. The van der Waals surface area contributed by atoms with Crippen LogP contribution in [0.1, 0.15) is 28.1 Å². The van der Waals surface area contributed by atoms with Gasteiger partial charge < -0.3 is 19.8 Å². The molecule has 0 saturated heterocycles. The molecule has 3 aromatic rings. The lowest BCUT2D eigenvalue weighted by Gasteiger charge is -2.11. The zero-order chi connectivity index (χ0) is 16.9. The monoisotopic (exact) mass is 328 g/mol. The van der Waals surface area contributed by atoms with Gasteiger partial charge in [0.25, 0.3) is 5.91 Å². The van der Waals surface area contributed by atoms with E-state index < -0.39 is 12.0 Å². The summed E-state index contributed by atoms with van der Waals surface area (Å²) in [5.74, 6) is 0.293. The molecule has 3 N–H and O–H groups in total. The van der Waals surface area contributed by atoms with Gasteiger partial charge >= 0.3 is 0 Å². The van der Waals surface area contributed by atoms with Crippen molar-refractivity contribution in [2.45, 2.75) is 12.6 Å². The topological polar surface area (TPSA) is 113 Å². The molecule has 8 nitrogen and oxygen atoms in total. The Balaban J connectivity index is 1.57. The number of hydrogen-bond acceptors (Lipinski definition) is 5. The Hall–Kier alpha value is -3.13. The van der Waals surface area contributed by atoms with Crippen molar-refractivity contribution in [3.63, 3.8) is 0 Å². The van der Waals surface area contributed by atoms with Crippen LogP contribution in [-0.2, 0) is 6.54 Å². The number of aliphatic hydroxyl groups excluding tert-OH is 1. The number of aromatic amines is 1. The van der Waals surface area contributed by atoms with Gasteiger partial charge in [-0.25, -0.2) is 0 Å². The van der Waals surface area contributed by atoms with Crippen LogP contribution in [0, 0.1) is 0 Å². The molecule has 0 aliphatic heterocycles. The summed E-state index contributed by atoms with van der Waals surface area (Å²) in [6.45, 7) is 0.377. The Bertz CT molecular complexity index is 866. The minimum Gasteiger partial charge on any atom is -0.454 e. The van der Waals surface area contributed by atoms with Crippen molar-refractivity contribution in [3.8, 4) is 0 Å². The fourth-order valence-corrected chi connectivity index (χ4v) is 2.18. The molecule has 0 radical (unpaired) electrons. The summed E-state index contributed by atoms with van der Waals surface area (Å²) in [7, 11) is 0. The predicted molar refractivity (Wildman–Crippen MR) is 84.4 cm³/mol. The summed E-state index contributed by atoms with van der Waals surface area (Å²) in [6, 6.07) is 9.51. The predicted octanol–water partition coefficient (Wildman–Crippen LogP) is 0.676. The van der Waals surface area contributed by atoms with Crippen molar-refractivity contribution in [2.24, 2.45) is 0 Å². The average Bonchev–Trinajstić information content (AvgIpc) is 3.24. The number of H-pyrrole nitrogens is 1. The van der Waals surface area contributed by atoms with Crippen LogP contribution in [0.3, 0.4) is 0 Å². The Labute approximate surface area is 136 Å². The summed E-state index contributed by atoms with van der Waals surface area (Å²) >= 11 is 0. The molecular formula is C16H16N4O4. The summed E-state index contributed by atoms with van der Waals surface area (Å²) in [5, 5.41) is 16.6. The fraction of sp³-hybridized carbons (Fsp3) is 0.188. The summed E-state index contributed by atoms with van der Waals surface area (Å²) in [5.41, 5.74) is 0.0220. The number of nitrogens with one attached hydrogen (secondary N) is 2. The van der Waals surface area contributed by atoms with Gasteiger partial charge in [-0.15, -0.1) is 0 Å². The molecule has 124 valence electrons. The van der Waals surface area contributed by atoms with Gasteiger partial charge in [0.2, 0.25) is 5.56 Å². The van der Waals surface area contributed by atoms with Crippen molar-refractivity contribution < 1.29 is 14.3 Å². The molecule has 1 amide bonds. The number of aliphatic hydroxyl groups is 1. The lowest BCUT2D eigenvalue weighted by molar-refractivity contribution is 0.0885. The molecule has 1 unspecified atom stereocenters. The third-order valence-electron chi connectivity index (χ3n) is 3.37. The second-order valence-corrected chi connectivity index (χ2v) is 5.17. The first-order valence-electron chi connectivity index (χ1n) is 7.33. The van der Waals surface area contributed by atoms with E-state index in [0.717, 1.165) is 0 Å². The number of aromatic nitrogens is 3. The quantitative estimate of drug-likeness (QED) is 0.616. The first-order valence-corrected chi connectivity index (χ1v) is 7.33. The number of rotatable bonds is 6. The Kier molecular flexibility index (Phi) is 4.57. The van der Waals surface area contributed by atoms with Crippen molar-refractivity contribution >= 4 is 5.91 Å². The molecule has 3 aromatic heterocycles. The lowest BCUT2D eigenvalue weighted by Crippen LogP contribution is -2.29. The SMILES string of the molecule is O=C(NCC(O)c1cccc(=O)[nH]1)c1ccc(Cn2cccn2)o1. The molecule has 0 aliphatic carbocycles. The molecule has 0 fully saturated rings. The molecular weight excluding hydrogens is 312 g/mol. The van der Waals surface area contributed by atoms with E-state index >= 15 is 0 Å². The molecule has 1 atom stereocenters. The van der Waals surface area contributed by atoms with E-state index in [9.17, 15) is 14.7 Å². The number of pyridine rings is 1. The second-order valence-electron chi connectivity index (χ2n) is 5.17. The highest BCUT2D eigenvalue weighted by atomic mass is 16.4. The zero-order valence-corrected chi connectivity index (χ0v) is 12.7. The molecule has 0 aromatic carbocycles. The fourth-order valence-electron chi connectivity index (χ4n) is 2.18. The summed E-state index contributed by atoms with van der Waals surface area (Å²) in [6.07, 6.45) is 2.44. The molecule has 8 heteroatoms. The van der Waals surface area contributed by atoms with Crippen LogP contribution in [0.25, 0.3) is 0 Å². The molecule has 3 heterocycles. The molecule has 0 bridgehead atoms. The largest absolute Gasteiger partial charge is 0.454 e. The van der Waals surface area contributed by atoms with Gasteiger partial charge in [0.1, 0.15) is 11.9 Å². The van der Waals surface area contributed by atoms with Crippen molar-refractivity contribution in [2.75, 3.05) is 6.54 Å². The van der Waals surface area contributed by atoms with Crippen LogP contribution in [0.2, 0.25) is 0 Å². The maximum Gasteiger partial charge on any atom is 0.287 e. The van der Waals surface area contributed by atoms with Crippen LogP contribution in [-0.4, -0.2) is 32.3 Å². The van der Waals surface area contributed by atoms with E-state index in [1.165, 1.54) is 12.1 Å². The molecule has 0 saturated carbocycles. The summed E-state index contributed by atoms with van der Waals surface area (Å²) < 4.78 is 7.14. The smallest absolute Gasteiger partial charge is 0.287 e. The van der Waals surface area contributed by atoms with Gasteiger partial charge in [0.15, 0.2) is 5.76 Å². The van der Waals surface area contributed by atoms with E-state index in [2.05, 4.69) is 15.4 Å². The maximum absolute atomic E-state index is 12.1. The van der Waals surface area contributed by atoms with Gasteiger partial charge in [0.05, 0.1) is 6.54 Å². The molecule has 0 spiro atoms. The van der Waals surface area contributed by atoms with Crippen LogP contribution >= 0.6 is 0 Å². The highest BCUT2D eigenvalue weighted by molar-refractivity contribution is 5.91. The van der Waals surface area contributed by atoms with Crippen LogP contribution in [0.5, 0.6) is 0 Å². The van der Waals surface area contributed by atoms with E-state index in [0.29, 0.717) is 18.0 Å². The molecule has 3 rings (SSSR count). The van der Waals surface area contributed by atoms with E-state index in [4.69, 9.17) is 4.42 Å². The number of nitrogens with zero attached hydrogens (tertiary/aromatic N) is 2. The van der Waals surface area contributed by atoms with Gasteiger partial charge in [-0.1, -0.05) is 6.07 Å². The van der Waals surface area contributed by atoms with Crippen LogP contribution in [0.4, 0.5) is 0 Å². The van der Waals surface area contributed by atoms with Gasteiger partial charge in [-0.2, -0.15) is 5.10 Å². The van der Waals surface area contributed by atoms with Crippen molar-refractivity contribution in [1.82, 2.24) is 20.1 Å². The normalized spacial score (nSPS) is 12.0. The standard InChI is InChI=1S/C16H16N4O4/c21-13(12-3-1-4-15(22)19-12)9-17-16(23)14-6-5-11(24-14)10-20-8-2-7-18-20/h1-8,13,21H,9-10H2,(H,17,23)(H,19,22). The molecule has 24 heavy (non-hydrogen) atoms. The average molecular weight is 328 g/mol. The second kappa shape index (κ2) is 6.97. The highest BCUT2D eigenvalue weighted by Crippen LogP contribution is 2.10. The van der Waals surface area contributed by atoms with E-state index in [-0.39, 0.29) is 17.9 Å². The lowest BCUT2D eigenvalue weighted by atomic mass is 10.2. The minimum atomic E-state index is -1.01. The van der Waals surface area contributed by atoms with Crippen LogP contribution in [0.15, 0.2) is 58.0 Å². The summed E-state index contributed by atoms with van der Waals surface area (Å²) in [4.78, 5) is 25.8. The Morgan fingerprint density at radius 1 is 1.33 bits per heavy atom. The third-order valence-corrected chi connectivity index (χ3v) is 3.37. The zero-order valence-electron chi connectivity index (χ0n) is 12.7. The van der Waals surface area contributed by atoms with Crippen LogP contribution < -0.4 is 10.9 Å². The number of amides is 1. The number of furan rings is 1. The van der Waals surface area contributed by atoms with E-state index in [1.807, 2.05) is 0 Å². The van der Waals surface area contributed by atoms with Crippen molar-refractivity contribution in [3.05, 3.63) is 76.4 Å².